The van der Waals surface area contributed by atoms with Crippen LogP contribution < -0.4 is 5.32 Å². The van der Waals surface area contributed by atoms with Crippen molar-refractivity contribution >= 4 is 6.03 Å². The second kappa shape index (κ2) is 6.60. The van der Waals surface area contributed by atoms with Crippen LogP contribution in [0.15, 0.2) is 36.9 Å². The van der Waals surface area contributed by atoms with Crippen molar-refractivity contribution in [1.82, 2.24) is 25.0 Å². The van der Waals surface area contributed by atoms with Gasteiger partial charge in [0.25, 0.3) is 0 Å². The highest BCUT2D eigenvalue weighted by atomic mass is 16.2. The van der Waals surface area contributed by atoms with Gasteiger partial charge in [0.1, 0.15) is 0 Å². The molecule has 0 saturated carbocycles. The van der Waals surface area contributed by atoms with Crippen molar-refractivity contribution in [1.29, 1.82) is 0 Å². The lowest BCUT2D eigenvalue weighted by Gasteiger charge is -2.25. The number of nitrogens with zero attached hydrogens (tertiary/aromatic N) is 4. The molecule has 0 aromatic carbocycles. The van der Waals surface area contributed by atoms with Crippen LogP contribution >= 0.6 is 0 Å². The second-order valence-corrected chi connectivity index (χ2v) is 5.64. The van der Waals surface area contributed by atoms with Gasteiger partial charge in [-0.25, -0.2) is 4.79 Å². The molecule has 116 valence electrons. The van der Waals surface area contributed by atoms with E-state index in [1.54, 1.807) is 17.1 Å². The van der Waals surface area contributed by atoms with Crippen LogP contribution in [-0.2, 0) is 13.5 Å². The molecule has 2 amide bonds. The number of carbonyl (C=O) groups excluding carboxylic acids is 1. The molecule has 1 saturated heterocycles. The Bertz CT molecular complexity index is 624. The minimum Gasteiger partial charge on any atom is -0.338 e. The topological polar surface area (TPSA) is 63.1 Å². The van der Waals surface area contributed by atoms with Crippen LogP contribution in [0.2, 0.25) is 0 Å². The lowest BCUT2D eigenvalue weighted by Crippen LogP contribution is -2.40. The quantitative estimate of drug-likeness (QED) is 0.938. The predicted octanol–water partition coefficient (Wildman–Crippen LogP) is 1.90. The number of rotatable bonds is 4. The molecule has 0 spiro atoms. The number of nitrogens with one attached hydrogen (secondary N) is 1. The van der Waals surface area contributed by atoms with E-state index in [0.717, 1.165) is 36.9 Å². The van der Waals surface area contributed by atoms with Crippen molar-refractivity contribution in [2.24, 2.45) is 7.05 Å². The van der Waals surface area contributed by atoms with Crippen molar-refractivity contribution in [3.8, 4) is 0 Å². The standard InChI is InChI=1S/C16H21N5O/c1-20-12-13(11-19-20)4-9-18-16(22)21-10-2-3-15(21)14-5-7-17-8-6-14/h5-8,11-12,15H,2-4,9-10H2,1H3,(H,18,22)/t15-/m1/s1. The molecule has 1 aliphatic rings. The van der Waals surface area contributed by atoms with Gasteiger partial charge in [0.15, 0.2) is 0 Å². The molecular formula is C16H21N5O. The van der Waals surface area contributed by atoms with Gasteiger partial charge in [-0.3, -0.25) is 9.67 Å². The molecule has 22 heavy (non-hydrogen) atoms. The van der Waals surface area contributed by atoms with E-state index in [0.29, 0.717) is 6.54 Å². The van der Waals surface area contributed by atoms with Gasteiger partial charge in [0.2, 0.25) is 0 Å². The molecule has 2 aromatic rings. The van der Waals surface area contributed by atoms with Crippen LogP contribution in [0.3, 0.4) is 0 Å². The molecular weight excluding hydrogens is 278 g/mol. The largest absolute Gasteiger partial charge is 0.338 e. The van der Waals surface area contributed by atoms with Crippen LogP contribution in [-0.4, -0.2) is 38.8 Å². The summed E-state index contributed by atoms with van der Waals surface area (Å²) in [5.41, 5.74) is 2.30. The third-order valence-corrected chi connectivity index (χ3v) is 4.05. The smallest absolute Gasteiger partial charge is 0.317 e. The van der Waals surface area contributed by atoms with E-state index in [1.807, 2.05) is 36.5 Å². The summed E-state index contributed by atoms with van der Waals surface area (Å²) in [6.07, 6.45) is 10.2. The SMILES string of the molecule is Cn1cc(CCNC(=O)N2CCC[C@@H]2c2ccncc2)cn1. The number of pyridine rings is 1. The molecule has 0 bridgehead atoms. The van der Waals surface area contributed by atoms with E-state index in [1.165, 1.54) is 0 Å². The fourth-order valence-corrected chi connectivity index (χ4v) is 2.96. The fraction of sp³-hybridized carbons (Fsp3) is 0.438. The normalized spacial score (nSPS) is 17.7. The van der Waals surface area contributed by atoms with Gasteiger partial charge in [-0.2, -0.15) is 5.10 Å². The lowest BCUT2D eigenvalue weighted by molar-refractivity contribution is 0.193. The summed E-state index contributed by atoms with van der Waals surface area (Å²) in [7, 11) is 1.89. The van der Waals surface area contributed by atoms with Gasteiger partial charge in [-0.05, 0) is 42.5 Å². The monoisotopic (exact) mass is 299 g/mol. The molecule has 1 N–H and O–H groups in total. The molecule has 0 unspecified atom stereocenters. The van der Waals surface area contributed by atoms with Crippen LogP contribution in [0.25, 0.3) is 0 Å². The highest BCUT2D eigenvalue weighted by Gasteiger charge is 2.29. The summed E-state index contributed by atoms with van der Waals surface area (Å²) < 4.78 is 1.77. The number of hydrogen-bond acceptors (Lipinski definition) is 3. The maximum atomic E-state index is 12.4. The average molecular weight is 299 g/mol. The number of aryl methyl sites for hydroxylation is 1. The first-order valence-corrected chi connectivity index (χ1v) is 7.66. The minimum absolute atomic E-state index is 0.0169. The zero-order valence-electron chi connectivity index (χ0n) is 12.8. The molecule has 0 radical (unpaired) electrons. The molecule has 1 aliphatic heterocycles. The van der Waals surface area contributed by atoms with E-state index < -0.39 is 0 Å². The zero-order valence-corrected chi connectivity index (χ0v) is 12.8. The van der Waals surface area contributed by atoms with E-state index in [9.17, 15) is 4.79 Å². The Morgan fingerprint density at radius 3 is 2.95 bits per heavy atom. The lowest BCUT2D eigenvalue weighted by atomic mass is 10.1. The Balaban J connectivity index is 1.55. The Hall–Kier alpha value is -2.37. The van der Waals surface area contributed by atoms with Gasteiger partial charge in [-0.15, -0.1) is 0 Å². The zero-order chi connectivity index (χ0) is 15.4. The first-order chi connectivity index (χ1) is 10.7. The molecule has 3 rings (SSSR count). The van der Waals surface area contributed by atoms with Crippen molar-refractivity contribution in [3.05, 3.63) is 48.0 Å². The van der Waals surface area contributed by atoms with Crippen molar-refractivity contribution < 1.29 is 4.79 Å². The van der Waals surface area contributed by atoms with Crippen molar-refractivity contribution in [2.45, 2.75) is 25.3 Å². The summed E-state index contributed by atoms with van der Waals surface area (Å²) in [5, 5.41) is 7.15. The number of aromatic nitrogens is 3. The van der Waals surface area contributed by atoms with Gasteiger partial charge in [0.05, 0.1) is 12.2 Å². The van der Waals surface area contributed by atoms with Gasteiger partial charge < -0.3 is 10.2 Å². The highest BCUT2D eigenvalue weighted by molar-refractivity contribution is 5.75. The summed E-state index contributed by atoms with van der Waals surface area (Å²) in [4.78, 5) is 18.4. The molecule has 3 heterocycles. The average Bonchev–Trinajstić information content (AvgIpc) is 3.17. The van der Waals surface area contributed by atoms with E-state index in [4.69, 9.17) is 0 Å². The van der Waals surface area contributed by atoms with Gasteiger partial charge in [-0.1, -0.05) is 0 Å². The number of likely N-dealkylation sites (tertiary alicyclic amines) is 1. The molecule has 6 heteroatoms. The molecule has 2 aromatic heterocycles. The van der Waals surface area contributed by atoms with Crippen LogP contribution in [0.1, 0.15) is 30.0 Å². The Labute approximate surface area is 130 Å². The second-order valence-electron chi connectivity index (χ2n) is 5.64. The maximum absolute atomic E-state index is 12.4. The summed E-state index contributed by atoms with van der Waals surface area (Å²) in [6.45, 7) is 1.44. The Kier molecular flexibility index (Phi) is 4.37. The van der Waals surface area contributed by atoms with Gasteiger partial charge >= 0.3 is 6.03 Å². The maximum Gasteiger partial charge on any atom is 0.317 e. The Morgan fingerprint density at radius 2 is 2.23 bits per heavy atom. The van der Waals surface area contributed by atoms with Crippen LogP contribution in [0.5, 0.6) is 0 Å². The van der Waals surface area contributed by atoms with Crippen molar-refractivity contribution in [2.75, 3.05) is 13.1 Å². The minimum atomic E-state index is 0.0169. The summed E-state index contributed by atoms with van der Waals surface area (Å²) in [6, 6.07) is 4.17. The molecule has 1 atom stereocenters. The van der Waals surface area contributed by atoms with Crippen molar-refractivity contribution in [3.63, 3.8) is 0 Å². The van der Waals surface area contributed by atoms with E-state index >= 15 is 0 Å². The highest BCUT2D eigenvalue weighted by Crippen LogP contribution is 2.31. The first-order valence-electron chi connectivity index (χ1n) is 7.66. The fourth-order valence-electron chi connectivity index (χ4n) is 2.96. The molecule has 0 aliphatic carbocycles. The summed E-state index contributed by atoms with van der Waals surface area (Å²) >= 11 is 0. The molecule has 6 nitrogen and oxygen atoms in total. The van der Waals surface area contributed by atoms with Gasteiger partial charge in [0, 0.05) is 38.7 Å². The summed E-state index contributed by atoms with van der Waals surface area (Å²) in [5.74, 6) is 0. The van der Waals surface area contributed by atoms with E-state index in [2.05, 4.69) is 15.4 Å². The Morgan fingerprint density at radius 1 is 1.41 bits per heavy atom. The number of carbonyl (C=O) groups is 1. The third kappa shape index (κ3) is 3.27. The third-order valence-electron chi connectivity index (χ3n) is 4.05. The molecule has 1 fully saturated rings. The number of hydrogen-bond donors (Lipinski definition) is 1. The van der Waals surface area contributed by atoms with E-state index in [-0.39, 0.29) is 12.1 Å². The number of urea groups is 1. The van der Waals surface area contributed by atoms with Crippen LogP contribution in [0, 0.1) is 0 Å². The number of amides is 2. The van der Waals surface area contributed by atoms with Crippen LogP contribution in [0.4, 0.5) is 4.79 Å². The predicted molar refractivity (Wildman–Crippen MR) is 83.2 cm³/mol. The first kappa shape index (κ1) is 14.6.